The van der Waals surface area contributed by atoms with Gasteiger partial charge < -0.3 is 15.2 Å². The molecular formula is C26H30FN3O2. The van der Waals surface area contributed by atoms with E-state index in [1.807, 2.05) is 29.2 Å². The lowest BCUT2D eigenvalue weighted by Gasteiger charge is -2.31. The van der Waals surface area contributed by atoms with Gasteiger partial charge in [0.2, 0.25) is 11.8 Å². The summed E-state index contributed by atoms with van der Waals surface area (Å²) in [5, 5.41) is 3.96. The van der Waals surface area contributed by atoms with Crippen molar-refractivity contribution >= 4 is 22.7 Å². The predicted octanol–water partition coefficient (Wildman–Crippen LogP) is 4.67. The van der Waals surface area contributed by atoms with Gasteiger partial charge in [-0.3, -0.25) is 9.59 Å². The number of hydrogen-bond acceptors (Lipinski definition) is 2. The van der Waals surface area contributed by atoms with Crippen LogP contribution in [0.25, 0.3) is 22.2 Å². The monoisotopic (exact) mass is 435 g/mol. The van der Waals surface area contributed by atoms with Crippen molar-refractivity contribution in [3.63, 3.8) is 0 Å². The van der Waals surface area contributed by atoms with E-state index < -0.39 is 0 Å². The Hall–Kier alpha value is -3.15. The zero-order valence-electron chi connectivity index (χ0n) is 18.5. The number of aryl methyl sites for hydroxylation is 1. The third-order valence-electron chi connectivity index (χ3n) is 6.22. The molecule has 2 amide bonds. The van der Waals surface area contributed by atoms with E-state index in [0.717, 1.165) is 47.2 Å². The molecule has 1 unspecified atom stereocenters. The second-order valence-electron chi connectivity index (χ2n) is 8.72. The largest absolute Gasteiger partial charge is 0.356 e. The molecule has 1 aliphatic heterocycles. The number of nitrogens with zero attached hydrogens (tertiary/aromatic N) is 1. The molecule has 2 heterocycles. The molecular weight excluding hydrogens is 405 g/mol. The lowest BCUT2D eigenvalue weighted by atomic mass is 10.00. The first-order valence-corrected chi connectivity index (χ1v) is 11.4. The van der Waals surface area contributed by atoms with Gasteiger partial charge in [-0.1, -0.05) is 25.1 Å². The highest BCUT2D eigenvalue weighted by Crippen LogP contribution is 2.31. The number of halogens is 1. The first kappa shape index (κ1) is 22.1. The quantitative estimate of drug-likeness (QED) is 0.566. The van der Waals surface area contributed by atoms with Gasteiger partial charge in [-0.15, -0.1) is 0 Å². The summed E-state index contributed by atoms with van der Waals surface area (Å²) in [5.74, 6) is 0.320. The van der Waals surface area contributed by atoms with E-state index >= 15 is 0 Å². The predicted molar refractivity (Wildman–Crippen MR) is 125 cm³/mol. The van der Waals surface area contributed by atoms with E-state index in [9.17, 15) is 14.0 Å². The van der Waals surface area contributed by atoms with E-state index in [0.29, 0.717) is 31.7 Å². The number of hydrogen-bond donors (Lipinski definition) is 2. The van der Waals surface area contributed by atoms with Crippen LogP contribution in [0.5, 0.6) is 0 Å². The summed E-state index contributed by atoms with van der Waals surface area (Å²) < 4.78 is 13.4. The van der Waals surface area contributed by atoms with Gasteiger partial charge in [-0.25, -0.2) is 4.39 Å². The summed E-state index contributed by atoms with van der Waals surface area (Å²) in [5.41, 5.74) is 3.83. The summed E-state index contributed by atoms with van der Waals surface area (Å²) in [4.78, 5) is 30.2. The Morgan fingerprint density at radius 2 is 1.91 bits per heavy atom. The fourth-order valence-electron chi connectivity index (χ4n) is 4.53. The van der Waals surface area contributed by atoms with E-state index in [4.69, 9.17) is 0 Å². The maximum absolute atomic E-state index is 13.4. The fraction of sp³-hybridized carbons (Fsp3) is 0.385. The van der Waals surface area contributed by atoms with Crippen molar-refractivity contribution in [3.05, 3.63) is 59.9 Å². The molecule has 168 valence electrons. The van der Waals surface area contributed by atoms with Crippen LogP contribution in [-0.2, 0) is 16.0 Å². The second kappa shape index (κ2) is 9.98. The van der Waals surface area contributed by atoms with E-state index in [1.165, 1.54) is 18.6 Å². The number of para-hydroxylation sites is 1. The molecule has 4 rings (SSSR count). The van der Waals surface area contributed by atoms with Crippen LogP contribution >= 0.6 is 0 Å². The van der Waals surface area contributed by atoms with Crippen LogP contribution < -0.4 is 5.32 Å². The number of fused-ring (bicyclic) bond motifs is 1. The second-order valence-corrected chi connectivity index (χ2v) is 8.72. The summed E-state index contributed by atoms with van der Waals surface area (Å²) in [6, 6.07) is 14.3. The molecule has 1 fully saturated rings. The van der Waals surface area contributed by atoms with Crippen LogP contribution in [0.2, 0.25) is 0 Å². The van der Waals surface area contributed by atoms with Crippen molar-refractivity contribution in [3.8, 4) is 11.3 Å². The molecule has 5 nitrogen and oxygen atoms in total. The van der Waals surface area contributed by atoms with Crippen molar-refractivity contribution in [1.82, 2.24) is 15.2 Å². The third-order valence-corrected chi connectivity index (χ3v) is 6.22. The minimum Gasteiger partial charge on any atom is -0.356 e. The van der Waals surface area contributed by atoms with E-state index in [-0.39, 0.29) is 17.6 Å². The van der Waals surface area contributed by atoms with Crippen LogP contribution in [0.4, 0.5) is 4.39 Å². The first-order chi connectivity index (χ1) is 15.5. The Labute approximate surface area is 188 Å². The van der Waals surface area contributed by atoms with Crippen molar-refractivity contribution in [2.24, 2.45) is 5.92 Å². The smallest absolute Gasteiger partial charge is 0.224 e. The Kier molecular flexibility index (Phi) is 6.88. The lowest BCUT2D eigenvalue weighted by Crippen LogP contribution is -2.40. The Balaban J connectivity index is 1.36. The fourth-order valence-corrected chi connectivity index (χ4v) is 4.53. The van der Waals surface area contributed by atoms with Gasteiger partial charge in [0.25, 0.3) is 0 Å². The SMILES string of the molecule is CC1CCCN(C(=O)CCNC(=O)CCc2c(-c3ccc(F)cc3)[nH]c3ccccc23)C1. The molecule has 1 saturated heterocycles. The normalized spacial score (nSPS) is 16.3. The minimum atomic E-state index is -0.278. The van der Waals surface area contributed by atoms with E-state index in [2.05, 4.69) is 17.2 Å². The van der Waals surface area contributed by atoms with Crippen molar-refractivity contribution < 1.29 is 14.0 Å². The Morgan fingerprint density at radius 3 is 2.69 bits per heavy atom. The number of H-pyrrole nitrogens is 1. The number of aromatic amines is 1. The molecule has 0 radical (unpaired) electrons. The minimum absolute atomic E-state index is 0.0693. The molecule has 1 aromatic heterocycles. The number of rotatable bonds is 7. The zero-order valence-corrected chi connectivity index (χ0v) is 18.5. The van der Waals surface area contributed by atoms with Gasteiger partial charge >= 0.3 is 0 Å². The Bertz CT molecular complexity index is 1090. The van der Waals surface area contributed by atoms with Gasteiger partial charge in [0.15, 0.2) is 0 Å². The Morgan fingerprint density at radius 1 is 1.12 bits per heavy atom. The summed E-state index contributed by atoms with van der Waals surface area (Å²) in [7, 11) is 0. The number of carbonyl (C=O) groups is 2. The van der Waals surface area contributed by atoms with Crippen LogP contribution in [0.1, 0.15) is 38.2 Å². The highest BCUT2D eigenvalue weighted by Gasteiger charge is 2.20. The van der Waals surface area contributed by atoms with Crippen molar-refractivity contribution in [2.75, 3.05) is 19.6 Å². The first-order valence-electron chi connectivity index (χ1n) is 11.4. The molecule has 0 saturated carbocycles. The molecule has 0 bridgehead atoms. The molecule has 3 aromatic rings. The van der Waals surface area contributed by atoms with Gasteiger partial charge in [-0.05, 0) is 66.6 Å². The highest BCUT2D eigenvalue weighted by atomic mass is 19.1. The van der Waals surface area contributed by atoms with Crippen LogP contribution in [0.3, 0.4) is 0 Å². The average Bonchev–Trinajstić information content (AvgIpc) is 3.16. The number of amides is 2. The maximum atomic E-state index is 13.4. The third kappa shape index (κ3) is 5.18. The van der Waals surface area contributed by atoms with Crippen molar-refractivity contribution in [2.45, 2.75) is 39.0 Å². The van der Waals surface area contributed by atoms with Gasteiger partial charge in [0.1, 0.15) is 5.82 Å². The summed E-state index contributed by atoms with van der Waals surface area (Å²) in [6.45, 7) is 4.18. The van der Waals surface area contributed by atoms with Crippen LogP contribution in [0, 0.1) is 11.7 Å². The number of nitrogens with one attached hydrogen (secondary N) is 2. The van der Waals surface area contributed by atoms with Gasteiger partial charge in [-0.2, -0.15) is 0 Å². The molecule has 6 heteroatoms. The zero-order chi connectivity index (χ0) is 22.5. The standard InChI is InChI=1S/C26H30FN3O2/c1-18-5-4-16-30(17-18)25(32)14-15-28-24(31)13-12-22-21-6-2-3-7-23(21)29-26(22)19-8-10-20(27)11-9-19/h2-3,6-11,18,29H,4-5,12-17H2,1H3,(H,28,31). The number of benzene rings is 2. The maximum Gasteiger partial charge on any atom is 0.224 e. The number of likely N-dealkylation sites (tertiary alicyclic amines) is 1. The molecule has 1 atom stereocenters. The van der Waals surface area contributed by atoms with Crippen LogP contribution in [-0.4, -0.2) is 41.3 Å². The van der Waals surface area contributed by atoms with E-state index in [1.54, 1.807) is 12.1 Å². The average molecular weight is 436 g/mol. The molecule has 0 aliphatic carbocycles. The molecule has 2 N–H and O–H groups in total. The van der Waals surface area contributed by atoms with Gasteiger partial charge in [0.05, 0.1) is 0 Å². The lowest BCUT2D eigenvalue weighted by molar-refractivity contribution is -0.132. The highest BCUT2D eigenvalue weighted by molar-refractivity contribution is 5.91. The molecule has 1 aliphatic rings. The topological polar surface area (TPSA) is 65.2 Å². The summed E-state index contributed by atoms with van der Waals surface area (Å²) >= 11 is 0. The molecule has 2 aromatic carbocycles. The van der Waals surface area contributed by atoms with Gasteiger partial charge in [0, 0.05) is 49.1 Å². The molecule has 0 spiro atoms. The van der Waals surface area contributed by atoms with Crippen LogP contribution in [0.15, 0.2) is 48.5 Å². The number of aromatic nitrogens is 1. The summed E-state index contributed by atoms with van der Waals surface area (Å²) in [6.07, 6.45) is 3.45. The number of piperidine rings is 1. The number of carbonyl (C=O) groups excluding carboxylic acids is 2. The van der Waals surface area contributed by atoms with Crippen molar-refractivity contribution in [1.29, 1.82) is 0 Å². The molecule has 32 heavy (non-hydrogen) atoms.